The van der Waals surface area contributed by atoms with Gasteiger partial charge in [0, 0.05) is 0 Å². The fourth-order valence-electron chi connectivity index (χ4n) is 3.48. The molecule has 2 rings (SSSR count). The Kier molecular flexibility index (Phi) is 8.33. The molecule has 0 radical (unpaired) electrons. The molecule has 2 nitrogen and oxygen atoms in total. The van der Waals surface area contributed by atoms with Gasteiger partial charge in [-0.05, 0) is 0 Å². The van der Waals surface area contributed by atoms with E-state index in [-0.39, 0.29) is 23.7 Å². The van der Waals surface area contributed by atoms with E-state index in [2.05, 4.69) is 55.4 Å². The van der Waals surface area contributed by atoms with Gasteiger partial charge in [0.1, 0.15) is 0 Å². The van der Waals surface area contributed by atoms with Crippen LogP contribution in [0.5, 0.6) is 11.5 Å². The van der Waals surface area contributed by atoms with Gasteiger partial charge in [-0.1, -0.05) is 0 Å². The molecule has 0 spiro atoms. The van der Waals surface area contributed by atoms with Crippen molar-refractivity contribution in [2.75, 3.05) is 0 Å². The monoisotopic (exact) mass is 552 g/mol. The van der Waals surface area contributed by atoms with Crippen LogP contribution >= 0.6 is 27.6 Å². The molecule has 0 saturated heterocycles. The third kappa shape index (κ3) is 6.34. The number of para-hydroxylation sites is 2. The van der Waals surface area contributed by atoms with Gasteiger partial charge in [0.05, 0.1) is 0 Å². The molecule has 0 bridgehead atoms. The molecular weight excluding hydrogens is 520 g/mol. The van der Waals surface area contributed by atoms with Crippen molar-refractivity contribution in [3.8, 4) is 11.5 Å². The van der Waals surface area contributed by atoms with Crippen molar-refractivity contribution in [3.05, 3.63) is 58.7 Å². The number of benzene rings is 2. The van der Waals surface area contributed by atoms with Gasteiger partial charge < -0.3 is 0 Å². The van der Waals surface area contributed by atoms with Crippen LogP contribution < -0.4 is 6.49 Å². The fourth-order valence-corrected chi connectivity index (χ4v) is 8.44. The maximum absolute atomic E-state index is 6.86. The predicted molar refractivity (Wildman–Crippen MR) is 128 cm³/mol. The van der Waals surface area contributed by atoms with E-state index < -0.39 is 13.4 Å². The molecule has 2 aromatic carbocycles. The first-order chi connectivity index (χ1) is 13.7. The number of halogens is 3. The van der Waals surface area contributed by atoms with Crippen molar-refractivity contribution in [1.82, 2.24) is 0 Å². The summed E-state index contributed by atoms with van der Waals surface area (Å²) >= 11 is -5.51. The standard InChI is InChI=1S/2C12H18O.3ClH.Nb/c2*1-8(2)10-6-5-7-11(9(3)4)12(10)13;;;;/h2*5-9,13H,1-4H3;3*1H;/q;;;;;+5/p-5. The van der Waals surface area contributed by atoms with E-state index in [0.717, 1.165) is 22.3 Å². The molecule has 0 amide bonds. The third-order valence-corrected chi connectivity index (χ3v) is 9.84. The summed E-state index contributed by atoms with van der Waals surface area (Å²) in [5.74, 6) is 2.20. The van der Waals surface area contributed by atoms with Crippen LogP contribution in [-0.2, 0) is 13.4 Å². The molecule has 0 N–H and O–H groups in total. The Labute approximate surface area is 195 Å². The van der Waals surface area contributed by atoms with E-state index in [1.54, 1.807) is 0 Å². The van der Waals surface area contributed by atoms with Crippen LogP contribution in [0.3, 0.4) is 0 Å². The van der Waals surface area contributed by atoms with Gasteiger partial charge in [-0.3, -0.25) is 0 Å². The summed E-state index contributed by atoms with van der Waals surface area (Å²) in [6.45, 7) is 16.9. The zero-order valence-corrected chi connectivity index (χ0v) is 23.6. The van der Waals surface area contributed by atoms with E-state index in [0.29, 0.717) is 11.5 Å². The summed E-state index contributed by atoms with van der Waals surface area (Å²) in [5, 5.41) is 0. The van der Waals surface area contributed by atoms with E-state index in [4.69, 9.17) is 34.1 Å². The summed E-state index contributed by atoms with van der Waals surface area (Å²) < 4.78 is 12.6. The molecule has 6 heteroatoms. The summed E-state index contributed by atoms with van der Waals surface area (Å²) in [4.78, 5) is 0. The first-order valence-corrected chi connectivity index (χ1v) is 20.8. The Balaban J connectivity index is 2.60. The van der Waals surface area contributed by atoms with Crippen LogP contribution in [0.1, 0.15) is 101 Å². The molecule has 0 aliphatic heterocycles. The van der Waals surface area contributed by atoms with Crippen LogP contribution in [0.4, 0.5) is 0 Å². The Bertz CT molecular complexity index is 762. The average molecular weight is 554 g/mol. The summed E-state index contributed by atoms with van der Waals surface area (Å²) in [7, 11) is 20.6. The summed E-state index contributed by atoms with van der Waals surface area (Å²) in [6, 6.07) is 12.2. The quantitative estimate of drug-likeness (QED) is 0.303. The third-order valence-electron chi connectivity index (χ3n) is 5.10. The van der Waals surface area contributed by atoms with Crippen LogP contribution in [0.25, 0.3) is 0 Å². The van der Waals surface area contributed by atoms with Crippen molar-refractivity contribution >= 4 is 27.6 Å². The molecule has 2 aromatic rings. The second-order valence-corrected chi connectivity index (χ2v) is 27.2. The Morgan fingerprint density at radius 1 is 0.533 bits per heavy atom. The first-order valence-electron chi connectivity index (χ1n) is 10.5. The molecule has 0 aromatic heterocycles. The SMILES string of the molecule is CC(C)c1cccc(C(C)C)c1[O][Nb]([Cl])([Cl])([Cl])[O]c1c(C(C)C)cccc1C(C)C. The van der Waals surface area contributed by atoms with Crippen molar-refractivity contribution in [1.29, 1.82) is 0 Å². The second-order valence-electron chi connectivity index (χ2n) is 9.01. The van der Waals surface area contributed by atoms with Gasteiger partial charge in [-0.15, -0.1) is 0 Å². The number of hydrogen-bond acceptors (Lipinski definition) is 2. The van der Waals surface area contributed by atoms with E-state index >= 15 is 0 Å². The second kappa shape index (κ2) is 9.65. The Hall–Kier alpha value is -0.350. The van der Waals surface area contributed by atoms with Crippen LogP contribution in [0.15, 0.2) is 36.4 Å². The minimum absolute atomic E-state index is 0.224. The normalized spacial score (nSPS) is 13.8. The predicted octanol–water partition coefficient (Wildman–Crippen LogP) is 9.62. The van der Waals surface area contributed by atoms with E-state index in [9.17, 15) is 0 Å². The van der Waals surface area contributed by atoms with E-state index in [1.807, 2.05) is 36.4 Å². The van der Waals surface area contributed by atoms with Crippen molar-refractivity contribution in [2.24, 2.45) is 0 Å². The Morgan fingerprint density at radius 3 is 0.967 bits per heavy atom. The van der Waals surface area contributed by atoms with Gasteiger partial charge in [-0.2, -0.15) is 0 Å². The van der Waals surface area contributed by atoms with Crippen molar-refractivity contribution in [3.63, 3.8) is 0 Å². The van der Waals surface area contributed by atoms with Crippen LogP contribution in [-0.4, -0.2) is 0 Å². The van der Waals surface area contributed by atoms with Gasteiger partial charge in [-0.25, -0.2) is 0 Å². The first kappa shape index (κ1) is 25.9. The van der Waals surface area contributed by atoms with Crippen molar-refractivity contribution < 1.29 is 19.9 Å². The summed E-state index contributed by atoms with van der Waals surface area (Å²) in [6.07, 6.45) is 0. The average Bonchev–Trinajstić information content (AvgIpc) is 2.59. The molecule has 0 unspecified atom stereocenters. The molecule has 30 heavy (non-hydrogen) atoms. The molecule has 0 saturated carbocycles. The zero-order chi connectivity index (χ0) is 22.9. The van der Waals surface area contributed by atoms with E-state index in [1.165, 1.54) is 0 Å². The van der Waals surface area contributed by atoms with Crippen LogP contribution in [0, 0.1) is 0 Å². The zero-order valence-electron chi connectivity index (χ0n) is 19.2. The molecule has 0 aliphatic rings. The van der Waals surface area contributed by atoms with Gasteiger partial charge in [0.2, 0.25) is 0 Å². The van der Waals surface area contributed by atoms with Gasteiger partial charge in [0.15, 0.2) is 0 Å². The maximum atomic E-state index is 6.86. The Morgan fingerprint density at radius 2 is 0.767 bits per heavy atom. The molecule has 0 aliphatic carbocycles. The molecule has 0 atom stereocenters. The molecular formula is C24H34Cl3NbO2. The number of rotatable bonds is 8. The fraction of sp³-hybridized carbons (Fsp3) is 0.500. The van der Waals surface area contributed by atoms with Crippen molar-refractivity contribution in [2.45, 2.75) is 79.1 Å². The van der Waals surface area contributed by atoms with Crippen LogP contribution in [0.2, 0.25) is 0 Å². The van der Waals surface area contributed by atoms with Gasteiger partial charge in [0.25, 0.3) is 0 Å². The minimum atomic E-state index is -5.51. The topological polar surface area (TPSA) is 18.5 Å². The molecule has 168 valence electrons. The summed E-state index contributed by atoms with van der Waals surface area (Å²) in [5.41, 5.74) is 4.08. The molecule has 0 fully saturated rings. The molecule has 0 heterocycles. The van der Waals surface area contributed by atoms with Gasteiger partial charge >= 0.3 is 197 Å². The number of hydrogen-bond donors (Lipinski definition) is 0.